The van der Waals surface area contributed by atoms with Crippen LogP contribution in [0.5, 0.6) is 0 Å². The lowest BCUT2D eigenvalue weighted by Gasteiger charge is -2.35. The van der Waals surface area contributed by atoms with Gasteiger partial charge in [-0.05, 0) is 26.0 Å². The Bertz CT molecular complexity index is 851. The van der Waals surface area contributed by atoms with Crippen LogP contribution in [0.15, 0.2) is 35.3 Å². The molecule has 25 heavy (non-hydrogen) atoms. The normalized spacial score (nSPS) is 20.5. The second-order valence-corrected chi connectivity index (χ2v) is 6.32. The second-order valence-electron chi connectivity index (χ2n) is 6.32. The van der Waals surface area contributed by atoms with Gasteiger partial charge >= 0.3 is 0 Å². The van der Waals surface area contributed by atoms with Gasteiger partial charge in [0, 0.05) is 30.2 Å². The van der Waals surface area contributed by atoms with Crippen molar-refractivity contribution in [2.45, 2.75) is 26.1 Å². The number of carbonyl (C=O) groups is 2. The number of amides is 2. The van der Waals surface area contributed by atoms with E-state index in [1.54, 1.807) is 29.2 Å². The van der Waals surface area contributed by atoms with Crippen LogP contribution in [-0.4, -0.2) is 53.5 Å². The lowest BCUT2D eigenvalue weighted by Crippen LogP contribution is -2.51. The highest BCUT2D eigenvalue weighted by Crippen LogP contribution is 2.10. The van der Waals surface area contributed by atoms with Gasteiger partial charge in [0.05, 0.1) is 18.8 Å². The molecule has 1 fully saturated rings. The van der Waals surface area contributed by atoms with Crippen LogP contribution in [0.25, 0.3) is 10.9 Å². The van der Waals surface area contributed by atoms with E-state index in [9.17, 15) is 14.4 Å². The van der Waals surface area contributed by atoms with E-state index in [-0.39, 0.29) is 35.7 Å². The molecule has 0 saturated carbocycles. The number of benzene rings is 1. The topological polar surface area (TPSA) is 91.5 Å². The van der Waals surface area contributed by atoms with E-state index in [0.29, 0.717) is 24.0 Å². The van der Waals surface area contributed by atoms with Crippen molar-refractivity contribution in [3.63, 3.8) is 0 Å². The van der Waals surface area contributed by atoms with Crippen LogP contribution in [0.3, 0.4) is 0 Å². The number of nitrogens with one attached hydrogen (secondary N) is 2. The van der Waals surface area contributed by atoms with Crippen LogP contribution in [0, 0.1) is 0 Å². The SMILES string of the molecule is C[C@@H]1CN(C(=O)CNC(=O)c2c[nH]c3ccccc3c2=O)C[C@H](C)O1. The number of H-pyrrole nitrogens is 1. The standard InChI is InChI=1S/C18H21N3O4/c1-11-9-21(10-12(2)25-11)16(22)8-20-18(24)14-7-19-15-6-4-3-5-13(15)17(14)23/h3-7,11-12H,8-10H2,1-2H3,(H,19,23)(H,20,24)/t11-,12+. The first-order valence-corrected chi connectivity index (χ1v) is 8.27. The Hall–Kier alpha value is -2.67. The molecule has 1 aliphatic rings. The number of hydrogen-bond donors (Lipinski definition) is 2. The fraction of sp³-hybridized carbons (Fsp3) is 0.389. The Balaban J connectivity index is 1.68. The van der Waals surface area contributed by atoms with Crippen LogP contribution in [0.2, 0.25) is 0 Å². The van der Waals surface area contributed by atoms with Crippen LogP contribution in [0.1, 0.15) is 24.2 Å². The summed E-state index contributed by atoms with van der Waals surface area (Å²) in [5.74, 6) is -0.748. The van der Waals surface area contributed by atoms with Crippen molar-refractivity contribution in [1.29, 1.82) is 0 Å². The molecule has 2 aromatic rings. The lowest BCUT2D eigenvalue weighted by molar-refractivity contribution is -0.142. The van der Waals surface area contributed by atoms with E-state index < -0.39 is 5.91 Å². The fourth-order valence-corrected chi connectivity index (χ4v) is 3.08. The van der Waals surface area contributed by atoms with Gasteiger partial charge in [0.25, 0.3) is 5.91 Å². The number of nitrogens with zero attached hydrogens (tertiary/aromatic N) is 1. The fourth-order valence-electron chi connectivity index (χ4n) is 3.08. The first-order valence-electron chi connectivity index (χ1n) is 8.27. The molecule has 0 aliphatic carbocycles. The second kappa shape index (κ2) is 7.06. The molecule has 0 radical (unpaired) electrons. The first-order chi connectivity index (χ1) is 12.0. The molecule has 0 bridgehead atoms. The van der Waals surface area contributed by atoms with E-state index in [1.165, 1.54) is 6.20 Å². The average Bonchev–Trinajstić information content (AvgIpc) is 2.59. The number of aromatic amines is 1. The summed E-state index contributed by atoms with van der Waals surface area (Å²) in [5.41, 5.74) is 0.305. The Morgan fingerprint density at radius 1 is 1.24 bits per heavy atom. The maximum absolute atomic E-state index is 12.4. The molecule has 7 nitrogen and oxygen atoms in total. The van der Waals surface area contributed by atoms with Gasteiger partial charge in [-0.2, -0.15) is 0 Å². The van der Waals surface area contributed by atoms with Crippen molar-refractivity contribution < 1.29 is 14.3 Å². The van der Waals surface area contributed by atoms with Crippen molar-refractivity contribution in [2.75, 3.05) is 19.6 Å². The highest BCUT2D eigenvalue weighted by Gasteiger charge is 2.26. The van der Waals surface area contributed by atoms with E-state index >= 15 is 0 Å². The monoisotopic (exact) mass is 343 g/mol. The molecule has 1 aromatic carbocycles. The number of aromatic nitrogens is 1. The van der Waals surface area contributed by atoms with Crippen LogP contribution in [-0.2, 0) is 9.53 Å². The number of morpholine rings is 1. The summed E-state index contributed by atoms with van der Waals surface area (Å²) in [5, 5.41) is 2.98. The molecule has 1 aliphatic heterocycles. The molecule has 0 spiro atoms. The number of hydrogen-bond acceptors (Lipinski definition) is 4. The number of rotatable bonds is 3. The van der Waals surface area contributed by atoms with Gasteiger partial charge in [0.1, 0.15) is 5.56 Å². The van der Waals surface area contributed by atoms with Gasteiger partial charge in [-0.25, -0.2) is 0 Å². The molecule has 2 N–H and O–H groups in total. The smallest absolute Gasteiger partial charge is 0.257 e. The number of fused-ring (bicyclic) bond motifs is 1. The largest absolute Gasteiger partial charge is 0.372 e. The van der Waals surface area contributed by atoms with Crippen LogP contribution < -0.4 is 10.7 Å². The molecule has 2 amide bonds. The number of carbonyl (C=O) groups excluding carboxylic acids is 2. The third kappa shape index (κ3) is 3.71. The summed E-state index contributed by atoms with van der Waals surface area (Å²) in [4.78, 5) is 41.6. The van der Waals surface area contributed by atoms with Crippen molar-refractivity contribution in [3.05, 3.63) is 46.2 Å². The zero-order chi connectivity index (χ0) is 18.0. The van der Waals surface area contributed by atoms with E-state index in [4.69, 9.17) is 4.74 Å². The molecule has 1 saturated heterocycles. The van der Waals surface area contributed by atoms with Crippen molar-refractivity contribution in [2.24, 2.45) is 0 Å². The maximum atomic E-state index is 12.4. The Labute approximate surface area is 145 Å². The average molecular weight is 343 g/mol. The van der Waals surface area contributed by atoms with E-state index in [0.717, 1.165) is 0 Å². The summed E-state index contributed by atoms with van der Waals surface area (Å²) in [6, 6.07) is 6.97. The van der Waals surface area contributed by atoms with E-state index in [2.05, 4.69) is 10.3 Å². The minimum absolute atomic E-state index is 0.00443. The molecule has 7 heteroatoms. The zero-order valence-electron chi connectivity index (χ0n) is 14.2. The van der Waals surface area contributed by atoms with Gasteiger partial charge in [-0.3, -0.25) is 14.4 Å². The van der Waals surface area contributed by atoms with Gasteiger partial charge in [-0.15, -0.1) is 0 Å². The van der Waals surface area contributed by atoms with Gasteiger partial charge in [0.2, 0.25) is 11.3 Å². The first kappa shape index (κ1) is 17.2. The molecule has 132 valence electrons. The zero-order valence-corrected chi connectivity index (χ0v) is 14.2. The van der Waals surface area contributed by atoms with Gasteiger partial charge in [-0.1, -0.05) is 12.1 Å². The minimum Gasteiger partial charge on any atom is -0.372 e. The number of pyridine rings is 1. The summed E-state index contributed by atoms with van der Waals surface area (Å²) < 4.78 is 5.59. The van der Waals surface area contributed by atoms with Gasteiger partial charge < -0.3 is 19.9 Å². The quantitative estimate of drug-likeness (QED) is 0.866. The highest BCUT2D eigenvalue weighted by molar-refractivity contribution is 5.98. The summed E-state index contributed by atoms with van der Waals surface area (Å²) in [6.07, 6.45) is 1.31. The Morgan fingerprint density at radius 2 is 1.92 bits per heavy atom. The lowest BCUT2D eigenvalue weighted by atomic mass is 10.1. The van der Waals surface area contributed by atoms with Crippen LogP contribution in [0.4, 0.5) is 0 Å². The molecule has 2 atom stereocenters. The Kier molecular flexibility index (Phi) is 4.85. The summed E-state index contributed by atoms with van der Waals surface area (Å²) in [7, 11) is 0. The number of para-hydroxylation sites is 1. The molecular weight excluding hydrogens is 322 g/mol. The van der Waals surface area contributed by atoms with Crippen molar-refractivity contribution >= 4 is 22.7 Å². The van der Waals surface area contributed by atoms with E-state index in [1.807, 2.05) is 13.8 Å². The Morgan fingerprint density at radius 3 is 2.64 bits per heavy atom. The predicted molar refractivity (Wildman–Crippen MR) is 93.5 cm³/mol. The third-order valence-electron chi connectivity index (χ3n) is 4.21. The molecular formula is C18H21N3O4. The van der Waals surface area contributed by atoms with Crippen molar-refractivity contribution in [3.8, 4) is 0 Å². The van der Waals surface area contributed by atoms with Crippen LogP contribution >= 0.6 is 0 Å². The van der Waals surface area contributed by atoms with Gasteiger partial charge in [0.15, 0.2) is 0 Å². The minimum atomic E-state index is -0.560. The molecule has 1 aromatic heterocycles. The highest BCUT2D eigenvalue weighted by atomic mass is 16.5. The number of ether oxygens (including phenoxy) is 1. The summed E-state index contributed by atoms with van der Waals surface area (Å²) in [6.45, 7) is 4.65. The maximum Gasteiger partial charge on any atom is 0.257 e. The van der Waals surface area contributed by atoms with Crippen molar-refractivity contribution in [1.82, 2.24) is 15.2 Å². The molecule has 0 unspecified atom stereocenters. The molecule has 2 heterocycles. The predicted octanol–water partition coefficient (Wildman–Crippen LogP) is 0.894. The summed E-state index contributed by atoms with van der Waals surface area (Å²) >= 11 is 0. The third-order valence-corrected chi connectivity index (χ3v) is 4.21. The molecule has 3 rings (SSSR count).